The summed E-state index contributed by atoms with van der Waals surface area (Å²) in [6.45, 7) is 3.46. The number of carbonyl (C=O) groups is 2. The fraction of sp³-hybridized carbons (Fsp3) is 0.182. The molecule has 7 heteroatoms. The molecule has 0 saturated carbocycles. The number of hydrogen-bond acceptors (Lipinski definition) is 6. The summed E-state index contributed by atoms with van der Waals surface area (Å²) in [6.07, 6.45) is 1.39. The van der Waals surface area contributed by atoms with Crippen LogP contribution in [0.5, 0.6) is 0 Å². The fourth-order valence-electron chi connectivity index (χ4n) is 2.81. The van der Waals surface area contributed by atoms with Crippen molar-refractivity contribution in [2.45, 2.75) is 13.5 Å². The van der Waals surface area contributed by atoms with E-state index >= 15 is 0 Å². The van der Waals surface area contributed by atoms with Gasteiger partial charge >= 0.3 is 5.97 Å². The topological polar surface area (TPSA) is 84.4 Å². The molecule has 0 radical (unpaired) electrons. The zero-order valence-corrected chi connectivity index (χ0v) is 16.3. The molecule has 0 unspecified atom stereocenters. The largest absolute Gasteiger partial charge is 0.465 e. The molecular weight excluding hydrogens is 368 g/mol. The number of carbonyl (C=O) groups excluding carboxylic acids is 2. The van der Waals surface area contributed by atoms with Crippen molar-refractivity contribution in [2.75, 3.05) is 23.9 Å². The Morgan fingerprint density at radius 1 is 1.03 bits per heavy atom. The van der Waals surface area contributed by atoms with Gasteiger partial charge in [0.25, 0.3) is 5.91 Å². The van der Waals surface area contributed by atoms with Gasteiger partial charge in [-0.15, -0.1) is 0 Å². The highest BCUT2D eigenvalue weighted by Gasteiger charge is 2.13. The second kappa shape index (κ2) is 9.45. The quantitative estimate of drug-likeness (QED) is 0.621. The number of aromatic nitrogens is 2. The third-order valence-corrected chi connectivity index (χ3v) is 4.37. The molecule has 1 aromatic heterocycles. The number of amides is 1. The van der Waals surface area contributed by atoms with Crippen molar-refractivity contribution in [1.82, 2.24) is 9.97 Å². The number of nitrogens with one attached hydrogen (secondary N) is 1. The maximum Gasteiger partial charge on any atom is 0.337 e. The molecule has 29 heavy (non-hydrogen) atoms. The first kappa shape index (κ1) is 20.0. The maximum absolute atomic E-state index is 12.6. The van der Waals surface area contributed by atoms with Crippen LogP contribution in [0.2, 0.25) is 0 Å². The fourth-order valence-corrected chi connectivity index (χ4v) is 2.81. The van der Waals surface area contributed by atoms with Crippen molar-refractivity contribution in [3.8, 4) is 0 Å². The highest BCUT2D eigenvalue weighted by molar-refractivity contribution is 6.03. The van der Waals surface area contributed by atoms with Crippen molar-refractivity contribution >= 4 is 23.4 Å². The number of ether oxygens (including phenoxy) is 1. The Hall–Kier alpha value is -3.74. The summed E-state index contributed by atoms with van der Waals surface area (Å²) in [5, 5.41) is 2.78. The summed E-state index contributed by atoms with van der Waals surface area (Å²) in [5.41, 5.74) is 2.39. The molecular formula is C22H22N4O3. The average molecular weight is 390 g/mol. The number of benzene rings is 2. The maximum atomic E-state index is 12.6. The minimum Gasteiger partial charge on any atom is -0.465 e. The molecule has 7 nitrogen and oxygen atoms in total. The molecule has 1 amide bonds. The van der Waals surface area contributed by atoms with Crippen LogP contribution in [-0.2, 0) is 11.3 Å². The van der Waals surface area contributed by atoms with E-state index in [1.807, 2.05) is 25.1 Å². The summed E-state index contributed by atoms with van der Waals surface area (Å²) in [5.74, 6) is -0.103. The van der Waals surface area contributed by atoms with E-state index in [0.717, 1.165) is 12.1 Å². The first-order valence-corrected chi connectivity index (χ1v) is 9.21. The standard InChI is InChI=1S/C22H22N4O3/c1-3-26(14-16-7-5-4-6-8-16)20-13-19(23-15-24-20)21(27)25-18-11-9-17(10-12-18)22(28)29-2/h4-13,15H,3,14H2,1-2H3,(H,25,27). The van der Waals surface area contributed by atoms with Crippen LogP contribution in [-0.4, -0.2) is 35.5 Å². The number of esters is 1. The zero-order valence-electron chi connectivity index (χ0n) is 16.3. The van der Waals surface area contributed by atoms with Crippen LogP contribution in [0.1, 0.15) is 33.3 Å². The van der Waals surface area contributed by atoms with Crippen LogP contribution in [0.25, 0.3) is 0 Å². The van der Waals surface area contributed by atoms with E-state index in [1.54, 1.807) is 30.3 Å². The smallest absolute Gasteiger partial charge is 0.337 e. The van der Waals surface area contributed by atoms with Gasteiger partial charge in [-0.2, -0.15) is 0 Å². The Bertz CT molecular complexity index is 975. The Morgan fingerprint density at radius 2 is 1.76 bits per heavy atom. The van der Waals surface area contributed by atoms with Crippen molar-refractivity contribution in [3.05, 3.63) is 83.8 Å². The molecule has 0 fully saturated rings. The van der Waals surface area contributed by atoms with Gasteiger partial charge in [-0.3, -0.25) is 4.79 Å². The predicted molar refractivity (Wildman–Crippen MR) is 111 cm³/mol. The summed E-state index contributed by atoms with van der Waals surface area (Å²) < 4.78 is 4.67. The molecule has 1 N–H and O–H groups in total. The highest BCUT2D eigenvalue weighted by Crippen LogP contribution is 2.16. The zero-order chi connectivity index (χ0) is 20.6. The molecule has 0 spiro atoms. The van der Waals surface area contributed by atoms with Crippen LogP contribution >= 0.6 is 0 Å². The van der Waals surface area contributed by atoms with E-state index in [4.69, 9.17) is 0 Å². The number of anilines is 2. The predicted octanol–water partition coefficient (Wildman–Crippen LogP) is 3.54. The summed E-state index contributed by atoms with van der Waals surface area (Å²) in [7, 11) is 1.32. The molecule has 3 aromatic rings. The number of rotatable bonds is 7. The number of hydrogen-bond donors (Lipinski definition) is 1. The van der Waals surface area contributed by atoms with Gasteiger partial charge in [-0.05, 0) is 36.8 Å². The molecule has 3 rings (SSSR count). The van der Waals surface area contributed by atoms with Crippen LogP contribution in [0.3, 0.4) is 0 Å². The van der Waals surface area contributed by atoms with Crippen LogP contribution in [0, 0.1) is 0 Å². The lowest BCUT2D eigenvalue weighted by molar-refractivity contribution is 0.0600. The SMILES string of the molecule is CCN(Cc1ccccc1)c1cc(C(=O)Nc2ccc(C(=O)OC)cc2)ncn1. The van der Waals surface area contributed by atoms with Crippen LogP contribution in [0.4, 0.5) is 11.5 Å². The van der Waals surface area contributed by atoms with E-state index in [2.05, 4.69) is 37.1 Å². The summed E-state index contributed by atoms with van der Waals surface area (Å²) in [4.78, 5) is 34.6. The van der Waals surface area contributed by atoms with Gasteiger partial charge in [0.2, 0.25) is 0 Å². The van der Waals surface area contributed by atoms with Gasteiger partial charge in [0.1, 0.15) is 17.8 Å². The molecule has 148 valence electrons. The van der Waals surface area contributed by atoms with Crippen LogP contribution < -0.4 is 10.2 Å². The minimum atomic E-state index is -0.429. The Balaban J connectivity index is 1.72. The molecule has 0 aliphatic heterocycles. The molecule has 0 saturated heterocycles. The van der Waals surface area contributed by atoms with E-state index in [0.29, 0.717) is 23.6 Å². The Labute approximate surface area is 169 Å². The molecule has 0 bridgehead atoms. The molecule has 0 aliphatic carbocycles. The summed E-state index contributed by atoms with van der Waals surface area (Å²) in [6, 6.07) is 18.2. The Kier molecular flexibility index (Phi) is 6.52. The van der Waals surface area contributed by atoms with Gasteiger partial charge in [0, 0.05) is 24.8 Å². The highest BCUT2D eigenvalue weighted by atomic mass is 16.5. The van der Waals surface area contributed by atoms with E-state index in [1.165, 1.54) is 13.4 Å². The van der Waals surface area contributed by atoms with E-state index < -0.39 is 5.97 Å². The van der Waals surface area contributed by atoms with E-state index in [-0.39, 0.29) is 11.6 Å². The first-order chi connectivity index (χ1) is 14.1. The third kappa shape index (κ3) is 5.16. The second-order valence-electron chi connectivity index (χ2n) is 6.28. The minimum absolute atomic E-state index is 0.263. The monoisotopic (exact) mass is 390 g/mol. The Morgan fingerprint density at radius 3 is 2.41 bits per heavy atom. The van der Waals surface area contributed by atoms with Gasteiger partial charge in [-0.1, -0.05) is 30.3 Å². The van der Waals surface area contributed by atoms with Crippen molar-refractivity contribution in [2.24, 2.45) is 0 Å². The number of nitrogens with zero attached hydrogens (tertiary/aromatic N) is 3. The normalized spacial score (nSPS) is 10.3. The average Bonchev–Trinajstić information content (AvgIpc) is 2.78. The van der Waals surface area contributed by atoms with Gasteiger partial charge < -0.3 is 15.0 Å². The second-order valence-corrected chi connectivity index (χ2v) is 6.28. The van der Waals surface area contributed by atoms with Crippen molar-refractivity contribution in [3.63, 3.8) is 0 Å². The first-order valence-electron chi connectivity index (χ1n) is 9.21. The van der Waals surface area contributed by atoms with Gasteiger partial charge in [0.15, 0.2) is 0 Å². The molecule has 0 aliphatic rings. The van der Waals surface area contributed by atoms with Crippen molar-refractivity contribution < 1.29 is 14.3 Å². The lowest BCUT2D eigenvalue weighted by Crippen LogP contribution is -2.24. The molecule has 0 atom stereocenters. The van der Waals surface area contributed by atoms with Crippen LogP contribution in [0.15, 0.2) is 67.0 Å². The summed E-state index contributed by atoms with van der Waals surface area (Å²) >= 11 is 0. The van der Waals surface area contributed by atoms with Crippen molar-refractivity contribution in [1.29, 1.82) is 0 Å². The van der Waals surface area contributed by atoms with Gasteiger partial charge in [0.05, 0.1) is 12.7 Å². The van der Waals surface area contributed by atoms with Gasteiger partial charge in [-0.25, -0.2) is 14.8 Å². The molecule has 2 aromatic carbocycles. The lowest BCUT2D eigenvalue weighted by Gasteiger charge is -2.22. The van der Waals surface area contributed by atoms with E-state index in [9.17, 15) is 9.59 Å². The number of methoxy groups -OCH3 is 1. The molecule has 1 heterocycles. The third-order valence-electron chi connectivity index (χ3n) is 4.37. The lowest BCUT2D eigenvalue weighted by atomic mass is 10.2.